The summed E-state index contributed by atoms with van der Waals surface area (Å²) in [5.41, 5.74) is 0. The van der Waals surface area contributed by atoms with Gasteiger partial charge in [0.15, 0.2) is 0 Å². The second-order valence-electron chi connectivity index (χ2n) is 1.04. The van der Waals surface area contributed by atoms with Crippen LogP contribution in [0.25, 0.3) is 0 Å². The molecule has 0 aliphatic rings. The van der Waals surface area contributed by atoms with Crippen molar-refractivity contribution in [3.8, 4) is 0 Å². The molecule has 12 heavy (non-hydrogen) atoms. The Hall–Kier alpha value is -0.648. The molecule has 0 spiro atoms. The Morgan fingerprint density at radius 1 is 0.833 bits per heavy atom. The fourth-order valence-corrected chi connectivity index (χ4v) is 0. The zero-order valence-electron chi connectivity index (χ0n) is 6.63. The van der Waals surface area contributed by atoms with Crippen LogP contribution in [0.2, 0.25) is 0 Å². The molecule has 0 amide bonds. The van der Waals surface area contributed by atoms with E-state index in [-0.39, 0.29) is 33.8 Å². The van der Waals surface area contributed by atoms with Gasteiger partial charge >= 0.3 is 17.4 Å². The van der Waals surface area contributed by atoms with Crippen LogP contribution in [0.4, 0.5) is 0 Å². The Kier molecular flexibility index (Phi) is 112. The van der Waals surface area contributed by atoms with Crippen molar-refractivity contribution in [2.24, 2.45) is 0 Å². The molecule has 0 unspecified atom stereocenters. The third-order valence-corrected chi connectivity index (χ3v) is 0. The molecule has 0 saturated heterocycles. The molecule has 0 aromatic carbocycles. The summed E-state index contributed by atoms with van der Waals surface area (Å²) < 4.78 is 0. The number of carbonyl (C=O) groups is 2. The maximum atomic E-state index is 9.00. The van der Waals surface area contributed by atoms with Crippen LogP contribution in [0, 0.1) is 0 Å². The normalized spacial score (nSPS) is 4.17. The molecule has 0 saturated carbocycles. The zero-order valence-corrected chi connectivity index (χ0v) is 7.78. The molecule has 0 aromatic rings. The smallest absolute Gasteiger partial charge is 0.870 e. The van der Waals surface area contributed by atoms with Crippen molar-refractivity contribution in [2.45, 2.75) is 13.8 Å². The molecule has 0 bridgehead atoms. The van der Waals surface area contributed by atoms with E-state index in [1.165, 1.54) is 0 Å². The quantitative estimate of drug-likeness (QED) is 0.484. The van der Waals surface area contributed by atoms with Crippen molar-refractivity contribution in [1.29, 1.82) is 0 Å². The standard InChI is InChI=1S/2C2H4O2.Al.3H2O/c2*1-2(3)4;;;;/h2*1H3,(H,3,4);;3*1H2/q;;+3;;;/p-3. The zero-order chi connectivity index (χ0) is 7.15. The molecule has 0 rings (SSSR count). The van der Waals surface area contributed by atoms with Gasteiger partial charge in [0.1, 0.15) is 0 Å². The summed E-state index contributed by atoms with van der Waals surface area (Å²) in [6, 6.07) is 0. The Morgan fingerprint density at radius 2 is 0.833 bits per heavy atom. The second-order valence-corrected chi connectivity index (χ2v) is 1.04. The first-order chi connectivity index (χ1) is 3.46. The first kappa shape index (κ1) is 42.5. The summed E-state index contributed by atoms with van der Waals surface area (Å²) in [6.07, 6.45) is 0. The Labute approximate surface area is 80.1 Å². The van der Waals surface area contributed by atoms with E-state index in [9.17, 15) is 0 Å². The average Bonchev–Trinajstić information content (AvgIpc) is 1.25. The molecule has 0 radical (unpaired) electrons. The van der Waals surface area contributed by atoms with Gasteiger partial charge in [-0.25, -0.2) is 0 Å². The maximum Gasteiger partial charge on any atom is 3.00 e. The molecule has 0 fully saturated rings. The van der Waals surface area contributed by atoms with Crippen molar-refractivity contribution >= 4 is 29.3 Å². The van der Waals surface area contributed by atoms with E-state index in [4.69, 9.17) is 19.8 Å². The van der Waals surface area contributed by atoms with Crippen LogP contribution in [0.1, 0.15) is 13.8 Å². The Bertz CT molecular complexity index is 73.4. The van der Waals surface area contributed by atoms with Gasteiger partial charge in [0.2, 0.25) is 0 Å². The summed E-state index contributed by atoms with van der Waals surface area (Å²) in [7, 11) is 0. The van der Waals surface area contributed by atoms with Gasteiger partial charge in [-0.2, -0.15) is 0 Å². The minimum Gasteiger partial charge on any atom is -0.870 e. The van der Waals surface area contributed by atoms with E-state index < -0.39 is 11.9 Å². The average molecular weight is 198 g/mol. The molecule has 0 atom stereocenters. The van der Waals surface area contributed by atoms with Crippen LogP contribution in [0.3, 0.4) is 0 Å². The van der Waals surface area contributed by atoms with Crippen molar-refractivity contribution in [2.75, 3.05) is 0 Å². The van der Waals surface area contributed by atoms with E-state index >= 15 is 0 Å². The summed E-state index contributed by atoms with van der Waals surface area (Å²) in [5, 5.41) is 14.8. The summed E-state index contributed by atoms with van der Waals surface area (Å²) >= 11 is 0. The van der Waals surface area contributed by atoms with E-state index in [2.05, 4.69) is 0 Å². The monoisotopic (exact) mass is 198 g/mol. The SMILES string of the molecule is CC(=O)O.CC(=O)O.[Al+3].[OH-].[OH-].[OH-]. The van der Waals surface area contributed by atoms with E-state index in [1.807, 2.05) is 0 Å². The molecular formula is C4H11AlO7. The molecule has 0 aliphatic heterocycles. The molecule has 72 valence electrons. The predicted octanol–water partition coefficient (Wildman–Crippen LogP) is -0.729. The topological polar surface area (TPSA) is 165 Å². The van der Waals surface area contributed by atoms with Gasteiger partial charge in [-0.05, 0) is 0 Å². The van der Waals surface area contributed by atoms with Crippen LogP contribution >= 0.6 is 0 Å². The Balaban J connectivity index is -0.0000000112. The largest absolute Gasteiger partial charge is 3.00 e. The van der Waals surface area contributed by atoms with Crippen molar-refractivity contribution in [3.05, 3.63) is 0 Å². The van der Waals surface area contributed by atoms with Gasteiger partial charge < -0.3 is 26.6 Å². The van der Waals surface area contributed by atoms with Gasteiger partial charge in [-0.1, -0.05) is 0 Å². The fourth-order valence-electron chi connectivity index (χ4n) is 0. The van der Waals surface area contributed by atoms with Crippen LogP contribution in [0.5, 0.6) is 0 Å². The van der Waals surface area contributed by atoms with Crippen molar-refractivity contribution in [1.82, 2.24) is 0 Å². The molecule has 0 aliphatic carbocycles. The molecular weight excluding hydrogens is 187 g/mol. The number of carboxylic acid groups (broad SMARTS) is 2. The van der Waals surface area contributed by atoms with Crippen LogP contribution in [0.15, 0.2) is 0 Å². The summed E-state index contributed by atoms with van der Waals surface area (Å²) in [4.78, 5) is 18.0. The summed E-state index contributed by atoms with van der Waals surface area (Å²) in [6.45, 7) is 2.17. The van der Waals surface area contributed by atoms with Crippen molar-refractivity contribution in [3.63, 3.8) is 0 Å². The molecule has 8 heteroatoms. The van der Waals surface area contributed by atoms with Gasteiger partial charge in [-0.3, -0.25) is 9.59 Å². The van der Waals surface area contributed by atoms with Gasteiger partial charge in [0.05, 0.1) is 0 Å². The first-order valence-electron chi connectivity index (χ1n) is 1.86. The van der Waals surface area contributed by atoms with Gasteiger partial charge in [0.25, 0.3) is 11.9 Å². The van der Waals surface area contributed by atoms with E-state index in [1.54, 1.807) is 0 Å². The van der Waals surface area contributed by atoms with Gasteiger partial charge in [0, 0.05) is 13.8 Å². The molecule has 0 aromatic heterocycles. The van der Waals surface area contributed by atoms with Crippen molar-refractivity contribution < 1.29 is 36.2 Å². The fraction of sp³-hybridized carbons (Fsp3) is 0.500. The molecule has 5 N–H and O–H groups in total. The van der Waals surface area contributed by atoms with E-state index in [0.717, 1.165) is 13.8 Å². The number of aliphatic carboxylic acids is 2. The number of hydrogen-bond acceptors (Lipinski definition) is 5. The minimum atomic E-state index is -0.833. The minimum absolute atomic E-state index is 0. The first-order valence-corrected chi connectivity index (χ1v) is 1.86. The van der Waals surface area contributed by atoms with E-state index in [0.29, 0.717) is 0 Å². The number of carboxylic acids is 2. The Morgan fingerprint density at radius 3 is 0.833 bits per heavy atom. The second kappa shape index (κ2) is 31.6. The number of rotatable bonds is 0. The van der Waals surface area contributed by atoms with Crippen LogP contribution < -0.4 is 0 Å². The van der Waals surface area contributed by atoms with Crippen LogP contribution in [-0.2, 0) is 9.59 Å². The summed E-state index contributed by atoms with van der Waals surface area (Å²) in [5.74, 6) is -1.67. The predicted molar refractivity (Wildman–Crippen MR) is 38.2 cm³/mol. The molecule has 7 nitrogen and oxygen atoms in total. The molecule has 0 heterocycles. The number of hydrogen-bond donors (Lipinski definition) is 2. The third kappa shape index (κ3) is 1560. The van der Waals surface area contributed by atoms with Crippen LogP contribution in [-0.4, -0.2) is 55.9 Å². The maximum absolute atomic E-state index is 9.00. The third-order valence-electron chi connectivity index (χ3n) is 0. The van der Waals surface area contributed by atoms with Gasteiger partial charge in [-0.15, -0.1) is 0 Å².